The lowest BCUT2D eigenvalue weighted by Gasteiger charge is -2.29. The fourth-order valence-corrected chi connectivity index (χ4v) is 2.83. The zero-order chi connectivity index (χ0) is 10.0. The summed E-state index contributed by atoms with van der Waals surface area (Å²) in [4.78, 5) is 0. The molecule has 3 heteroatoms. The molecule has 1 saturated carbocycles. The van der Waals surface area contributed by atoms with Crippen LogP contribution in [0.4, 0.5) is 0 Å². The van der Waals surface area contributed by atoms with Gasteiger partial charge in [0.2, 0.25) is 0 Å². The van der Waals surface area contributed by atoms with Crippen molar-refractivity contribution in [3.05, 3.63) is 0 Å². The van der Waals surface area contributed by atoms with Crippen LogP contribution >= 0.6 is 15.9 Å². The molecule has 2 nitrogen and oxygen atoms in total. The smallest absolute Gasteiger partial charge is 0.0634 e. The van der Waals surface area contributed by atoms with E-state index in [9.17, 15) is 0 Å². The molecule has 82 valence electrons. The van der Waals surface area contributed by atoms with Crippen molar-refractivity contribution in [2.75, 3.05) is 25.2 Å². The average molecular weight is 263 g/mol. The van der Waals surface area contributed by atoms with Crippen LogP contribution in [0.25, 0.3) is 0 Å². The van der Waals surface area contributed by atoms with Crippen molar-refractivity contribution < 1.29 is 9.47 Å². The molecule has 2 unspecified atom stereocenters. The Morgan fingerprint density at radius 3 is 2.79 bits per heavy atom. The Morgan fingerprint density at radius 2 is 2.29 bits per heavy atom. The van der Waals surface area contributed by atoms with Crippen molar-refractivity contribution in [3.8, 4) is 0 Å². The lowest BCUT2D eigenvalue weighted by molar-refractivity contribution is 0.00347. The molecular formula is C11H19BrO2. The van der Waals surface area contributed by atoms with Crippen LogP contribution in [0.1, 0.15) is 26.2 Å². The Bertz CT molecular complexity index is 194. The zero-order valence-corrected chi connectivity index (χ0v) is 10.4. The normalized spacial score (nSPS) is 37.7. The van der Waals surface area contributed by atoms with Crippen LogP contribution in [0.15, 0.2) is 0 Å². The molecule has 0 aromatic heterocycles. The third-order valence-corrected chi connectivity index (χ3v) is 4.65. The first-order valence-corrected chi connectivity index (χ1v) is 6.64. The molecule has 2 rings (SSSR count). The molecule has 2 fully saturated rings. The van der Waals surface area contributed by atoms with Gasteiger partial charge in [-0.2, -0.15) is 0 Å². The van der Waals surface area contributed by atoms with Crippen molar-refractivity contribution in [3.63, 3.8) is 0 Å². The maximum Gasteiger partial charge on any atom is 0.0634 e. The summed E-state index contributed by atoms with van der Waals surface area (Å²) in [6.07, 6.45) is 4.20. The number of ether oxygens (including phenoxy) is 2. The highest BCUT2D eigenvalue weighted by atomic mass is 79.9. The van der Waals surface area contributed by atoms with Crippen molar-refractivity contribution >= 4 is 15.9 Å². The summed E-state index contributed by atoms with van der Waals surface area (Å²) in [6.45, 7) is 4.87. The van der Waals surface area contributed by atoms with E-state index in [-0.39, 0.29) is 5.41 Å². The maximum atomic E-state index is 5.80. The molecule has 1 heterocycles. The van der Waals surface area contributed by atoms with E-state index < -0.39 is 0 Å². The van der Waals surface area contributed by atoms with E-state index in [4.69, 9.17) is 9.47 Å². The number of halogens is 1. The first-order valence-electron chi connectivity index (χ1n) is 5.52. The van der Waals surface area contributed by atoms with Gasteiger partial charge in [0.05, 0.1) is 12.7 Å². The Morgan fingerprint density at radius 1 is 1.50 bits per heavy atom. The molecule has 0 aromatic rings. The third kappa shape index (κ3) is 2.31. The zero-order valence-electron chi connectivity index (χ0n) is 8.80. The lowest BCUT2D eigenvalue weighted by atomic mass is 9.85. The second kappa shape index (κ2) is 4.50. The summed E-state index contributed by atoms with van der Waals surface area (Å²) in [5, 5.41) is 0.992. The van der Waals surface area contributed by atoms with E-state index in [0.717, 1.165) is 37.5 Å². The van der Waals surface area contributed by atoms with Gasteiger partial charge in [0, 0.05) is 24.0 Å². The summed E-state index contributed by atoms with van der Waals surface area (Å²) in [6, 6.07) is 0. The minimum absolute atomic E-state index is 0.231. The second-order valence-electron chi connectivity index (χ2n) is 4.72. The Kier molecular flexibility index (Phi) is 3.50. The van der Waals surface area contributed by atoms with Crippen molar-refractivity contribution in [2.45, 2.75) is 32.3 Å². The molecule has 1 saturated heterocycles. The summed E-state index contributed by atoms with van der Waals surface area (Å²) in [7, 11) is 0. The van der Waals surface area contributed by atoms with Gasteiger partial charge in [-0.25, -0.2) is 0 Å². The lowest BCUT2D eigenvalue weighted by Crippen LogP contribution is -2.35. The van der Waals surface area contributed by atoms with Crippen LogP contribution in [0.3, 0.4) is 0 Å². The quantitative estimate of drug-likeness (QED) is 0.710. The van der Waals surface area contributed by atoms with Crippen LogP contribution in [-0.4, -0.2) is 31.3 Å². The van der Waals surface area contributed by atoms with Gasteiger partial charge in [-0.15, -0.1) is 0 Å². The highest BCUT2D eigenvalue weighted by molar-refractivity contribution is 9.09. The number of alkyl halides is 1. The van der Waals surface area contributed by atoms with Crippen LogP contribution in [0, 0.1) is 11.3 Å². The molecular weight excluding hydrogens is 244 g/mol. The van der Waals surface area contributed by atoms with Gasteiger partial charge in [-0.1, -0.05) is 15.9 Å². The van der Waals surface area contributed by atoms with E-state index in [1.165, 1.54) is 12.8 Å². The summed E-state index contributed by atoms with van der Waals surface area (Å²) in [5.74, 6) is 0.861. The monoisotopic (exact) mass is 262 g/mol. The average Bonchev–Trinajstić information content (AvgIpc) is 2.93. The van der Waals surface area contributed by atoms with E-state index in [1.54, 1.807) is 0 Å². The number of rotatable bonds is 5. The van der Waals surface area contributed by atoms with Crippen molar-refractivity contribution in [1.82, 2.24) is 0 Å². The Hall–Kier alpha value is 0.400. The molecule has 0 aromatic carbocycles. The number of hydrogen-bond acceptors (Lipinski definition) is 2. The highest BCUT2D eigenvalue weighted by Crippen LogP contribution is 2.38. The van der Waals surface area contributed by atoms with E-state index in [1.807, 2.05) is 0 Å². The highest BCUT2D eigenvalue weighted by Gasteiger charge is 2.41. The first kappa shape index (κ1) is 10.9. The van der Waals surface area contributed by atoms with Crippen LogP contribution in [-0.2, 0) is 9.47 Å². The maximum absolute atomic E-state index is 5.80. The standard InChI is InChI=1S/C11H19BrO2/c1-9-11(7-12,4-5-14-9)8-13-6-10-2-3-10/h9-10H,2-8H2,1H3. The van der Waals surface area contributed by atoms with Gasteiger partial charge < -0.3 is 9.47 Å². The van der Waals surface area contributed by atoms with Gasteiger partial charge in [0.1, 0.15) is 0 Å². The van der Waals surface area contributed by atoms with Gasteiger partial charge >= 0.3 is 0 Å². The minimum atomic E-state index is 0.231. The minimum Gasteiger partial charge on any atom is -0.380 e. The van der Waals surface area contributed by atoms with E-state index >= 15 is 0 Å². The molecule has 2 atom stereocenters. The Labute approximate surface area is 94.5 Å². The first-order chi connectivity index (χ1) is 6.77. The third-order valence-electron chi connectivity index (χ3n) is 3.54. The molecule has 0 spiro atoms. The molecule has 0 amide bonds. The molecule has 0 N–H and O–H groups in total. The van der Waals surface area contributed by atoms with Gasteiger partial charge in [0.15, 0.2) is 0 Å². The van der Waals surface area contributed by atoms with Gasteiger partial charge in [-0.3, -0.25) is 0 Å². The van der Waals surface area contributed by atoms with Crippen LogP contribution in [0.2, 0.25) is 0 Å². The molecule has 1 aliphatic heterocycles. The summed E-state index contributed by atoms with van der Waals surface area (Å²) >= 11 is 3.60. The molecule has 0 radical (unpaired) electrons. The SMILES string of the molecule is CC1OCCC1(CBr)COCC1CC1. The fraction of sp³-hybridized carbons (Fsp3) is 1.00. The Balaban J connectivity index is 1.78. The molecule has 0 bridgehead atoms. The van der Waals surface area contributed by atoms with Crippen LogP contribution < -0.4 is 0 Å². The van der Waals surface area contributed by atoms with E-state index in [2.05, 4.69) is 22.9 Å². The second-order valence-corrected chi connectivity index (χ2v) is 5.28. The fourth-order valence-electron chi connectivity index (χ4n) is 1.94. The topological polar surface area (TPSA) is 18.5 Å². The largest absolute Gasteiger partial charge is 0.380 e. The van der Waals surface area contributed by atoms with E-state index in [0.29, 0.717) is 6.10 Å². The summed E-state index contributed by atoms with van der Waals surface area (Å²) < 4.78 is 11.4. The van der Waals surface area contributed by atoms with Gasteiger partial charge in [0.25, 0.3) is 0 Å². The molecule has 2 aliphatic rings. The van der Waals surface area contributed by atoms with Crippen LogP contribution in [0.5, 0.6) is 0 Å². The van der Waals surface area contributed by atoms with Crippen molar-refractivity contribution in [2.24, 2.45) is 11.3 Å². The predicted molar refractivity (Wildman–Crippen MR) is 59.8 cm³/mol. The molecule has 1 aliphatic carbocycles. The molecule has 14 heavy (non-hydrogen) atoms. The number of hydrogen-bond donors (Lipinski definition) is 0. The predicted octanol–water partition coefficient (Wildman–Crippen LogP) is 2.60. The van der Waals surface area contributed by atoms with Crippen molar-refractivity contribution in [1.29, 1.82) is 0 Å². The van der Waals surface area contributed by atoms with Gasteiger partial charge in [-0.05, 0) is 32.1 Å². The summed E-state index contributed by atoms with van der Waals surface area (Å²) in [5.41, 5.74) is 0.231.